The molecule has 1 aromatic carbocycles. The Bertz CT molecular complexity index is 385. The van der Waals surface area contributed by atoms with E-state index in [1.807, 2.05) is 18.2 Å². The van der Waals surface area contributed by atoms with Crippen molar-refractivity contribution < 1.29 is 4.79 Å². The molecular weight excluding hydrogens is 236 g/mol. The van der Waals surface area contributed by atoms with Crippen LogP contribution in [0.2, 0.25) is 0 Å². The molecule has 1 aliphatic rings. The van der Waals surface area contributed by atoms with E-state index in [0.29, 0.717) is 18.3 Å². The maximum absolute atomic E-state index is 11.9. The molecule has 19 heavy (non-hydrogen) atoms. The van der Waals surface area contributed by atoms with Gasteiger partial charge in [-0.1, -0.05) is 37.3 Å². The van der Waals surface area contributed by atoms with Crippen LogP contribution in [0.5, 0.6) is 0 Å². The van der Waals surface area contributed by atoms with Gasteiger partial charge in [-0.05, 0) is 43.3 Å². The van der Waals surface area contributed by atoms with Crippen LogP contribution >= 0.6 is 0 Å². The molecule has 2 N–H and O–H groups in total. The van der Waals surface area contributed by atoms with Gasteiger partial charge in [-0.2, -0.15) is 0 Å². The van der Waals surface area contributed by atoms with E-state index in [-0.39, 0.29) is 5.91 Å². The summed E-state index contributed by atoms with van der Waals surface area (Å²) in [5.74, 6) is 1.14. The Kier molecular flexibility index (Phi) is 5.40. The molecule has 0 saturated carbocycles. The van der Waals surface area contributed by atoms with Gasteiger partial charge in [-0.15, -0.1) is 0 Å². The normalized spacial score (nSPS) is 17.9. The monoisotopic (exact) mass is 260 g/mol. The fourth-order valence-electron chi connectivity index (χ4n) is 2.59. The third-order valence-corrected chi connectivity index (χ3v) is 3.91. The van der Waals surface area contributed by atoms with Crippen molar-refractivity contribution in [2.45, 2.75) is 32.1 Å². The molecule has 1 atom stereocenters. The van der Waals surface area contributed by atoms with Crippen molar-refractivity contribution in [3.63, 3.8) is 0 Å². The standard InChI is InChI=1S/C16H24N2O/c1-13(15-5-3-2-4-6-15)12-18-16(19)11-14-7-9-17-10-8-14/h2-6,13-14,17H,7-12H2,1H3,(H,18,19). The molecule has 1 unspecified atom stereocenters. The number of rotatable bonds is 5. The summed E-state index contributed by atoms with van der Waals surface area (Å²) >= 11 is 0. The average Bonchev–Trinajstić information content (AvgIpc) is 2.47. The molecule has 2 rings (SSSR count). The van der Waals surface area contributed by atoms with Crippen LogP contribution in [0.1, 0.15) is 37.7 Å². The largest absolute Gasteiger partial charge is 0.355 e. The zero-order chi connectivity index (χ0) is 13.5. The number of hydrogen-bond acceptors (Lipinski definition) is 2. The number of nitrogens with one attached hydrogen (secondary N) is 2. The molecule has 1 aliphatic heterocycles. The van der Waals surface area contributed by atoms with E-state index in [2.05, 4.69) is 29.7 Å². The predicted octanol–water partition coefficient (Wildman–Crippen LogP) is 2.30. The Hall–Kier alpha value is -1.35. The van der Waals surface area contributed by atoms with Crippen LogP contribution in [-0.2, 0) is 4.79 Å². The van der Waals surface area contributed by atoms with Crippen LogP contribution in [-0.4, -0.2) is 25.5 Å². The lowest BCUT2D eigenvalue weighted by atomic mass is 9.94. The van der Waals surface area contributed by atoms with Gasteiger partial charge in [0.1, 0.15) is 0 Å². The smallest absolute Gasteiger partial charge is 0.220 e. The number of amides is 1. The Morgan fingerprint density at radius 3 is 2.68 bits per heavy atom. The van der Waals surface area contributed by atoms with Crippen LogP contribution in [0.4, 0.5) is 0 Å². The summed E-state index contributed by atoms with van der Waals surface area (Å²) < 4.78 is 0. The van der Waals surface area contributed by atoms with E-state index in [9.17, 15) is 4.79 Å². The quantitative estimate of drug-likeness (QED) is 0.853. The molecule has 1 saturated heterocycles. The minimum absolute atomic E-state index is 0.203. The topological polar surface area (TPSA) is 41.1 Å². The molecule has 0 bridgehead atoms. The van der Waals surface area contributed by atoms with Gasteiger partial charge in [0.25, 0.3) is 0 Å². The van der Waals surface area contributed by atoms with Crippen LogP contribution in [0.3, 0.4) is 0 Å². The van der Waals surface area contributed by atoms with Gasteiger partial charge in [-0.25, -0.2) is 0 Å². The molecule has 0 spiro atoms. The van der Waals surface area contributed by atoms with E-state index >= 15 is 0 Å². The molecule has 0 aliphatic carbocycles. The van der Waals surface area contributed by atoms with E-state index in [4.69, 9.17) is 0 Å². The Morgan fingerprint density at radius 2 is 2.00 bits per heavy atom. The number of hydrogen-bond donors (Lipinski definition) is 2. The van der Waals surface area contributed by atoms with E-state index in [1.54, 1.807) is 0 Å². The van der Waals surface area contributed by atoms with E-state index in [0.717, 1.165) is 32.5 Å². The lowest BCUT2D eigenvalue weighted by molar-refractivity contribution is -0.122. The summed E-state index contributed by atoms with van der Waals surface area (Å²) in [6, 6.07) is 10.3. The maximum atomic E-state index is 11.9. The molecular formula is C16H24N2O. The molecule has 104 valence electrons. The number of benzene rings is 1. The highest BCUT2D eigenvalue weighted by atomic mass is 16.1. The third-order valence-electron chi connectivity index (χ3n) is 3.91. The Balaban J connectivity index is 1.71. The average molecular weight is 260 g/mol. The van der Waals surface area contributed by atoms with Crippen LogP contribution in [0.25, 0.3) is 0 Å². The van der Waals surface area contributed by atoms with Crippen molar-refractivity contribution in [3.05, 3.63) is 35.9 Å². The van der Waals surface area contributed by atoms with Gasteiger partial charge < -0.3 is 10.6 Å². The third kappa shape index (κ3) is 4.67. The lowest BCUT2D eigenvalue weighted by Gasteiger charge is -2.22. The van der Waals surface area contributed by atoms with Gasteiger partial charge in [0.15, 0.2) is 0 Å². The predicted molar refractivity (Wildman–Crippen MR) is 78.1 cm³/mol. The second-order valence-electron chi connectivity index (χ2n) is 5.51. The minimum atomic E-state index is 0.203. The first kappa shape index (κ1) is 14.1. The molecule has 1 heterocycles. The first-order valence-electron chi connectivity index (χ1n) is 7.28. The highest BCUT2D eigenvalue weighted by Gasteiger charge is 2.17. The first-order valence-corrected chi connectivity index (χ1v) is 7.28. The molecule has 1 fully saturated rings. The van der Waals surface area contributed by atoms with E-state index < -0.39 is 0 Å². The van der Waals surface area contributed by atoms with Crippen molar-refractivity contribution in [1.29, 1.82) is 0 Å². The highest BCUT2D eigenvalue weighted by Crippen LogP contribution is 2.16. The minimum Gasteiger partial charge on any atom is -0.355 e. The highest BCUT2D eigenvalue weighted by molar-refractivity contribution is 5.76. The summed E-state index contributed by atoms with van der Waals surface area (Å²) in [7, 11) is 0. The second kappa shape index (κ2) is 7.29. The molecule has 1 aromatic rings. The van der Waals surface area contributed by atoms with Gasteiger partial charge in [0.2, 0.25) is 5.91 Å². The molecule has 0 aromatic heterocycles. The number of carbonyl (C=O) groups excluding carboxylic acids is 1. The SMILES string of the molecule is CC(CNC(=O)CC1CCNCC1)c1ccccc1. The maximum Gasteiger partial charge on any atom is 0.220 e. The van der Waals surface area contributed by atoms with Crippen LogP contribution in [0.15, 0.2) is 30.3 Å². The Labute approximate surface area is 115 Å². The lowest BCUT2D eigenvalue weighted by Crippen LogP contribution is -2.33. The van der Waals surface area contributed by atoms with Crippen LogP contribution < -0.4 is 10.6 Å². The van der Waals surface area contributed by atoms with Gasteiger partial charge >= 0.3 is 0 Å². The van der Waals surface area contributed by atoms with E-state index in [1.165, 1.54) is 5.56 Å². The first-order chi connectivity index (χ1) is 9.25. The zero-order valence-corrected chi connectivity index (χ0v) is 11.7. The van der Waals surface area contributed by atoms with Crippen molar-refractivity contribution in [2.75, 3.05) is 19.6 Å². The summed E-state index contributed by atoms with van der Waals surface area (Å²) in [5.41, 5.74) is 1.28. The number of piperidine rings is 1. The Morgan fingerprint density at radius 1 is 1.32 bits per heavy atom. The summed E-state index contributed by atoms with van der Waals surface area (Å²) in [5, 5.41) is 6.40. The van der Waals surface area contributed by atoms with Crippen molar-refractivity contribution >= 4 is 5.91 Å². The van der Waals surface area contributed by atoms with Crippen molar-refractivity contribution in [1.82, 2.24) is 10.6 Å². The van der Waals surface area contributed by atoms with Crippen molar-refractivity contribution in [3.8, 4) is 0 Å². The second-order valence-corrected chi connectivity index (χ2v) is 5.51. The fraction of sp³-hybridized carbons (Fsp3) is 0.562. The molecule has 1 amide bonds. The number of carbonyl (C=O) groups is 1. The zero-order valence-electron chi connectivity index (χ0n) is 11.7. The molecule has 0 radical (unpaired) electrons. The van der Waals surface area contributed by atoms with Crippen molar-refractivity contribution in [2.24, 2.45) is 5.92 Å². The summed E-state index contributed by atoms with van der Waals surface area (Å²) in [6.45, 7) is 4.99. The summed E-state index contributed by atoms with van der Waals surface area (Å²) in [4.78, 5) is 11.9. The fourth-order valence-corrected chi connectivity index (χ4v) is 2.59. The van der Waals surface area contributed by atoms with Gasteiger partial charge in [0.05, 0.1) is 0 Å². The van der Waals surface area contributed by atoms with Crippen LogP contribution in [0, 0.1) is 5.92 Å². The molecule has 3 heteroatoms. The van der Waals surface area contributed by atoms with Gasteiger partial charge in [0, 0.05) is 13.0 Å². The summed E-state index contributed by atoms with van der Waals surface area (Å²) in [6.07, 6.45) is 2.94. The molecule has 3 nitrogen and oxygen atoms in total. The van der Waals surface area contributed by atoms with Gasteiger partial charge in [-0.3, -0.25) is 4.79 Å².